The Morgan fingerprint density at radius 1 is 1.50 bits per heavy atom. The molecule has 0 saturated carbocycles. The van der Waals surface area contributed by atoms with E-state index in [0.717, 1.165) is 24.4 Å². The highest BCUT2D eigenvalue weighted by Crippen LogP contribution is 2.31. The van der Waals surface area contributed by atoms with E-state index in [1.54, 1.807) is 17.8 Å². The second kappa shape index (κ2) is 4.19. The highest BCUT2D eigenvalue weighted by atomic mass is 32.2. The van der Waals surface area contributed by atoms with E-state index in [1.807, 2.05) is 0 Å². The SMILES string of the molecule is Nc1cc(F)ccc1SC1CCNC1. The summed E-state index contributed by atoms with van der Waals surface area (Å²) < 4.78 is 12.8. The molecule has 1 aromatic carbocycles. The summed E-state index contributed by atoms with van der Waals surface area (Å²) in [7, 11) is 0. The second-order valence-electron chi connectivity index (χ2n) is 3.41. The number of nitrogens with one attached hydrogen (secondary N) is 1. The highest BCUT2D eigenvalue weighted by molar-refractivity contribution is 8.00. The molecule has 1 atom stereocenters. The van der Waals surface area contributed by atoms with E-state index in [0.29, 0.717) is 10.9 Å². The normalized spacial score (nSPS) is 21.4. The molecule has 1 saturated heterocycles. The molecule has 4 heteroatoms. The van der Waals surface area contributed by atoms with Gasteiger partial charge in [0.15, 0.2) is 0 Å². The number of benzene rings is 1. The molecule has 76 valence electrons. The van der Waals surface area contributed by atoms with Crippen molar-refractivity contribution in [3.8, 4) is 0 Å². The summed E-state index contributed by atoms with van der Waals surface area (Å²) in [4.78, 5) is 0.986. The number of nitrogen functional groups attached to an aromatic ring is 1. The van der Waals surface area contributed by atoms with Crippen molar-refractivity contribution < 1.29 is 4.39 Å². The van der Waals surface area contributed by atoms with Crippen LogP contribution in [0.5, 0.6) is 0 Å². The topological polar surface area (TPSA) is 38.0 Å². The van der Waals surface area contributed by atoms with Crippen LogP contribution in [0.1, 0.15) is 6.42 Å². The molecule has 2 nitrogen and oxygen atoms in total. The molecule has 0 bridgehead atoms. The van der Waals surface area contributed by atoms with Crippen LogP contribution >= 0.6 is 11.8 Å². The lowest BCUT2D eigenvalue weighted by atomic mass is 10.3. The summed E-state index contributed by atoms with van der Waals surface area (Å²) >= 11 is 1.73. The Kier molecular flexibility index (Phi) is 2.93. The summed E-state index contributed by atoms with van der Waals surface area (Å²) in [6.07, 6.45) is 1.15. The summed E-state index contributed by atoms with van der Waals surface area (Å²) in [6.45, 7) is 2.08. The third-order valence-corrected chi connectivity index (χ3v) is 3.64. The van der Waals surface area contributed by atoms with Crippen molar-refractivity contribution in [1.82, 2.24) is 5.32 Å². The lowest BCUT2D eigenvalue weighted by Gasteiger charge is -2.09. The Labute approximate surface area is 87.1 Å². The molecular weight excluding hydrogens is 199 g/mol. The van der Waals surface area contributed by atoms with Crippen molar-refractivity contribution in [3.63, 3.8) is 0 Å². The molecular formula is C10H13FN2S. The van der Waals surface area contributed by atoms with Crippen molar-refractivity contribution in [2.45, 2.75) is 16.6 Å². The maximum Gasteiger partial charge on any atom is 0.125 e. The molecule has 0 radical (unpaired) electrons. The Bertz CT molecular complexity index is 324. The van der Waals surface area contributed by atoms with Crippen molar-refractivity contribution in [1.29, 1.82) is 0 Å². The maximum atomic E-state index is 12.8. The van der Waals surface area contributed by atoms with Gasteiger partial charge in [-0.25, -0.2) is 4.39 Å². The minimum atomic E-state index is -0.267. The first-order valence-corrected chi connectivity index (χ1v) is 5.56. The minimum Gasteiger partial charge on any atom is -0.398 e. The number of thioether (sulfide) groups is 1. The average molecular weight is 212 g/mol. The van der Waals surface area contributed by atoms with Gasteiger partial charge in [0.1, 0.15) is 5.82 Å². The first kappa shape index (κ1) is 9.80. The number of anilines is 1. The molecule has 3 N–H and O–H groups in total. The van der Waals surface area contributed by atoms with Crippen LogP contribution in [0.2, 0.25) is 0 Å². The van der Waals surface area contributed by atoms with Crippen molar-refractivity contribution >= 4 is 17.4 Å². The molecule has 1 aliphatic rings. The van der Waals surface area contributed by atoms with Gasteiger partial charge in [0.05, 0.1) is 0 Å². The van der Waals surface area contributed by atoms with Crippen LogP contribution < -0.4 is 11.1 Å². The predicted molar refractivity (Wildman–Crippen MR) is 57.9 cm³/mol. The quantitative estimate of drug-likeness (QED) is 0.735. The molecule has 1 unspecified atom stereocenters. The van der Waals surface area contributed by atoms with E-state index < -0.39 is 0 Å². The Balaban J connectivity index is 2.08. The molecule has 14 heavy (non-hydrogen) atoms. The first-order chi connectivity index (χ1) is 6.75. The maximum absolute atomic E-state index is 12.8. The second-order valence-corrected chi connectivity index (χ2v) is 4.76. The summed E-state index contributed by atoms with van der Waals surface area (Å²) in [5.74, 6) is -0.267. The summed E-state index contributed by atoms with van der Waals surface area (Å²) in [6, 6.07) is 4.60. The number of rotatable bonds is 2. The molecule has 1 fully saturated rings. The average Bonchev–Trinajstić information content (AvgIpc) is 2.62. The third-order valence-electron chi connectivity index (χ3n) is 2.28. The number of hydrogen-bond acceptors (Lipinski definition) is 3. The number of nitrogens with two attached hydrogens (primary N) is 1. The summed E-state index contributed by atoms with van der Waals surface area (Å²) in [5, 5.41) is 3.86. The molecule has 1 aromatic rings. The Morgan fingerprint density at radius 2 is 2.36 bits per heavy atom. The third kappa shape index (κ3) is 2.19. The summed E-state index contributed by atoms with van der Waals surface area (Å²) in [5.41, 5.74) is 6.26. The number of hydrogen-bond donors (Lipinski definition) is 2. The standard InChI is InChI=1S/C10H13FN2S/c11-7-1-2-10(9(12)5-7)14-8-3-4-13-6-8/h1-2,5,8,13H,3-4,6,12H2. The van der Waals surface area contributed by atoms with Crippen LogP contribution in [0.15, 0.2) is 23.1 Å². The van der Waals surface area contributed by atoms with E-state index in [1.165, 1.54) is 12.1 Å². The van der Waals surface area contributed by atoms with Gasteiger partial charge in [0.25, 0.3) is 0 Å². The van der Waals surface area contributed by atoms with Crippen molar-refractivity contribution in [2.75, 3.05) is 18.8 Å². The fraction of sp³-hybridized carbons (Fsp3) is 0.400. The fourth-order valence-corrected chi connectivity index (χ4v) is 2.67. The van der Waals surface area contributed by atoms with E-state index >= 15 is 0 Å². The van der Waals surface area contributed by atoms with Crippen molar-refractivity contribution in [2.24, 2.45) is 0 Å². The molecule has 2 rings (SSSR count). The van der Waals surface area contributed by atoms with Crippen LogP contribution in [0.4, 0.5) is 10.1 Å². The van der Waals surface area contributed by atoms with Crippen LogP contribution in [-0.2, 0) is 0 Å². The van der Waals surface area contributed by atoms with E-state index in [-0.39, 0.29) is 5.82 Å². The molecule has 0 aromatic heterocycles. The van der Waals surface area contributed by atoms with Gasteiger partial charge in [0.2, 0.25) is 0 Å². The molecule has 0 amide bonds. The Morgan fingerprint density at radius 3 is 3.00 bits per heavy atom. The van der Waals surface area contributed by atoms with Gasteiger partial charge in [-0.2, -0.15) is 0 Å². The zero-order chi connectivity index (χ0) is 9.97. The van der Waals surface area contributed by atoms with Gasteiger partial charge >= 0.3 is 0 Å². The zero-order valence-corrected chi connectivity index (χ0v) is 8.61. The Hall–Kier alpha value is -0.740. The van der Waals surface area contributed by atoms with Crippen LogP contribution in [-0.4, -0.2) is 18.3 Å². The van der Waals surface area contributed by atoms with Gasteiger partial charge in [-0.1, -0.05) is 0 Å². The van der Waals surface area contributed by atoms with E-state index in [2.05, 4.69) is 5.32 Å². The lowest BCUT2D eigenvalue weighted by molar-refractivity contribution is 0.627. The van der Waals surface area contributed by atoms with E-state index in [4.69, 9.17) is 5.73 Å². The van der Waals surface area contributed by atoms with Crippen LogP contribution in [0.25, 0.3) is 0 Å². The van der Waals surface area contributed by atoms with Crippen LogP contribution in [0, 0.1) is 5.82 Å². The predicted octanol–water partition coefficient (Wildman–Crippen LogP) is 1.86. The lowest BCUT2D eigenvalue weighted by Crippen LogP contribution is -2.10. The number of halogens is 1. The van der Waals surface area contributed by atoms with Gasteiger partial charge in [-0.3, -0.25) is 0 Å². The fourth-order valence-electron chi connectivity index (χ4n) is 1.53. The molecule has 1 aliphatic heterocycles. The van der Waals surface area contributed by atoms with Gasteiger partial charge in [-0.05, 0) is 31.2 Å². The monoisotopic (exact) mass is 212 g/mol. The smallest absolute Gasteiger partial charge is 0.125 e. The van der Waals surface area contributed by atoms with Crippen molar-refractivity contribution in [3.05, 3.63) is 24.0 Å². The zero-order valence-electron chi connectivity index (χ0n) is 7.79. The van der Waals surface area contributed by atoms with Gasteiger partial charge in [-0.15, -0.1) is 11.8 Å². The largest absolute Gasteiger partial charge is 0.398 e. The first-order valence-electron chi connectivity index (χ1n) is 4.68. The van der Waals surface area contributed by atoms with E-state index in [9.17, 15) is 4.39 Å². The van der Waals surface area contributed by atoms with Gasteiger partial charge < -0.3 is 11.1 Å². The van der Waals surface area contributed by atoms with Crippen LogP contribution in [0.3, 0.4) is 0 Å². The van der Waals surface area contributed by atoms with Gasteiger partial charge in [0, 0.05) is 22.4 Å². The highest BCUT2D eigenvalue weighted by Gasteiger charge is 2.16. The molecule has 1 heterocycles. The minimum absolute atomic E-state index is 0.267. The molecule has 0 aliphatic carbocycles. The molecule has 0 spiro atoms.